The number of amides is 1. The van der Waals surface area contributed by atoms with Crippen LogP contribution in [0.4, 0.5) is 5.69 Å². The van der Waals surface area contributed by atoms with Gasteiger partial charge in [-0.1, -0.05) is 56.0 Å². The van der Waals surface area contributed by atoms with Gasteiger partial charge in [-0.15, -0.1) is 0 Å². The summed E-state index contributed by atoms with van der Waals surface area (Å²) in [5.41, 5.74) is 1.19. The van der Waals surface area contributed by atoms with Gasteiger partial charge in [0.2, 0.25) is 5.91 Å². The van der Waals surface area contributed by atoms with E-state index < -0.39 is 5.41 Å². The highest BCUT2D eigenvalue weighted by atomic mass is 35.5. The van der Waals surface area contributed by atoms with E-state index in [2.05, 4.69) is 17.1 Å². The highest BCUT2D eigenvalue weighted by Crippen LogP contribution is 2.43. The van der Waals surface area contributed by atoms with E-state index >= 15 is 0 Å². The third-order valence-electron chi connectivity index (χ3n) is 7.06. The fourth-order valence-electron chi connectivity index (χ4n) is 5.29. The topological polar surface area (TPSA) is 41.6 Å². The Morgan fingerprint density at radius 2 is 1.84 bits per heavy atom. The van der Waals surface area contributed by atoms with Gasteiger partial charge < -0.3 is 10.1 Å². The first kappa shape index (κ1) is 23.1. The molecule has 32 heavy (non-hydrogen) atoms. The SMILES string of the molecule is C[C@@H]1CCCN(CCOc2ccc(NC(=O)C3(c4ccccc4Cl)CCCCC3)cc2)C1. The average Bonchev–Trinajstić information content (AvgIpc) is 2.81. The smallest absolute Gasteiger partial charge is 0.235 e. The van der Waals surface area contributed by atoms with Crippen molar-refractivity contribution < 1.29 is 9.53 Å². The largest absolute Gasteiger partial charge is 0.492 e. The molecule has 1 saturated heterocycles. The van der Waals surface area contributed by atoms with Crippen LogP contribution in [-0.4, -0.2) is 37.0 Å². The third-order valence-corrected chi connectivity index (χ3v) is 7.39. The summed E-state index contributed by atoms with van der Waals surface area (Å²) in [7, 11) is 0. The molecule has 1 aliphatic carbocycles. The Hall–Kier alpha value is -2.04. The highest BCUT2D eigenvalue weighted by molar-refractivity contribution is 6.31. The van der Waals surface area contributed by atoms with Gasteiger partial charge >= 0.3 is 0 Å². The molecule has 1 atom stereocenters. The summed E-state index contributed by atoms with van der Waals surface area (Å²) in [6.07, 6.45) is 7.54. The second-order valence-electron chi connectivity index (χ2n) is 9.50. The van der Waals surface area contributed by atoms with Crippen LogP contribution in [-0.2, 0) is 10.2 Å². The number of carbonyl (C=O) groups excluding carboxylic acids is 1. The second kappa shape index (κ2) is 10.7. The lowest BCUT2D eigenvalue weighted by Crippen LogP contribution is -2.42. The number of hydrogen-bond donors (Lipinski definition) is 1. The Kier molecular flexibility index (Phi) is 7.75. The number of halogens is 1. The van der Waals surface area contributed by atoms with E-state index in [1.807, 2.05) is 48.5 Å². The van der Waals surface area contributed by atoms with Gasteiger partial charge in [0.05, 0.1) is 5.41 Å². The van der Waals surface area contributed by atoms with Crippen LogP contribution < -0.4 is 10.1 Å². The number of likely N-dealkylation sites (tertiary alicyclic amines) is 1. The molecular formula is C27H35ClN2O2. The molecule has 2 fully saturated rings. The maximum atomic E-state index is 13.5. The maximum absolute atomic E-state index is 13.5. The Morgan fingerprint density at radius 1 is 1.09 bits per heavy atom. The second-order valence-corrected chi connectivity index (χ2v) is 9.90. The van der Waals surface area contributed by atoms with E-state index in [0.29, 0.717) is 11.6 Å². The molecule has 4 rings (SSSR count). The lowest BCUT2D eigenvalue weighted by atomic mass is 9.68. The molecule has 172 valence electrons. The van der Waals surface area contributed by atoms with Gasteiger partial charge in [-0.05, 0) is 74.0 Å². The Morgan fingerprint density at radius 3 is 2.56 bits per heavy atom. The fourth-order valence-corrected chi connectivity index (χ4v) is 5.61. The van der Waals surface area contributed by atoms with Crippen molar-refractivity contribution in [3.8, 4) is 5.75 Å². The van der Waals surface area contributed by atoms with Crippen molar-refractivity contribution in [2.75, 3.05) is 31.6 Å². The van der Waals surface area contributed by atoms with Crippen molar-refractivity contribution in [3.05, 3.63) is 59.1 Å². The molecule has 0 unspecified atom stereocenters. The zero-order valence-electron chi connectivity index (χ0n) is 19.1. The number of piperidine rings is 1. The molecule has 1 amide bonds. The minimum absolute atomic E-state index is 0.0400. The molecule has 2 aliphatic rings. The van der Waals surface area contributed by atoms with E-state index in [4.69, 9.17) is 16.3 Å². The molecule has 1 N–H and O–H groups in total. The lowest BCUT2D eigenvalue weighted by Gasteiger charge is -2.37. The monoisotopic (exact) mass is 454 g/mol. The first-order chi connectivity index (χ1) is 15.6. The molecule has 0 radical (unpaired) electrons. The maximum Gasteiger partial charge on any atom is 0.235 e. The number of benzene rings is 2. The van der Waals surface area contributed by atoms with E-state index in [0.717, 1.165) is 55.1 Å². The number of anilines is 1. The number of hydrogen-bond acceptors (Lipinski definition) is 3. The van der Waals surface area contributed by atoms with Gasteiger partial charge in [-0.25, -0.2) is 0 Å². The van der Waals surface area contributed by atoms with Crippen molar-refractivity contribution in [3.63, 3.8) is 0 Å². The van der Waals surface area contributed by atoms with Crippen LogP contribution in [0, 0.1) is 5.92 Å². The minimum Gasteiger partial charge on any atom is -0.492 e. The molecule has 2 aromatic rings. The standard InChI is InChI=1S/C27H35ClN2O2/c1-21-8-7-17-30(20-21)18-19-32-23-13-11-22(12-14-23)29-26(31)27(15-5-2-6-16-27)24-9-3-4-10-25(24)28/h3-4,9-14,21H,2,5-8,15-20H2,1H3,(H,29,31)/t21-/m1/s1. The van der Waals surface area contributed by atoms with Crippen molar-refractivity contribution in [2.45, 2.75) is 57.3 Å². The van der Waals surface area contributed by atoms with Crippen LogP contribution in [0.25, 0.3) is 0 Å². The van der Waals surface area contributed by atoms with Crippen LogP contribution in [0.15, 0.2) is 48.5 Å². The Bertz CT molecular complexity index is 893. The molecule has 2 aromatic carbocycles. The first-order valence-corrected chi connectivity index (χ1v) is 12.5. The van der Waals surface area contributed by atoms with E-state index in [1.165, 1.54) is 32.4 Å². The molecule has 1 heterocycles. The summed E-state index contributed by atoms with van der Waals surface area (Å²) < 4.78 is 5.95. The van der Waals surface area contributed by atoms with Gasteiger partial charge in [-0.3, -0.25) is 9.69 Å². The molecule has 1 aliphatic heterocycles. The average molecular weight is 455 g/mol. The van der Waals surface area contributed by atoms with E-state index in [1.54, 1.807) is 0 Å². The van der Waals surface area contributed by atoms with Gasteiger partial charge in [-0.2, -0.15) is 0 Å². The molecule has 0 spiro atoms. The zero-order valence-corrected chi connectivity index (χ0v) is 19.9. The normalized spacial score (nSPS) is 21.1. The van der Waals surface area contributed by atoms with Gasteiger partial charge in [0, 0.05) is 23.8 Å². The highest BCUT2D eigenvalue weighted by Gasteiger charge is 2.42. The van der Waals surface area contributed by atoms with Crippen molar-refractivity contribution in [1.82, 2.24) is 4.90 Å². The predicted octanol–water partition coefficient (Wildman–Crippen LogP) is 6.29. The minimum atomic E-state index is -0.558. The molecular weight excluding hydrogens is 420 g/mol. The molecule has 1 saturated carbocycles. The fraction of sp³-hybridized carbons (Fsp3) is 0.519. The van der Waals surface area contributed by atoms with Gasteiger partial charge in [0.1, 0.15) is 12.4 Å². The van der Waals surface area contributed by atoms with Crippen LogP contribution >= 0.6 is 11.6 Å². The molecule has 5 heteroatoms. The summed E-state index contributed by atoms with van der Waals surface area (Å²) in [5.74, 6) is 1.66. The molecule has 4 nitrogen and oxygen atoms in total. The van der Waals surface area contributed by atoms with Gasteiger partial charge in [0.25, 0.3) is 0 Å². The van der Waals surface area contributed by atoms with Crippen LogP contribution in [0.3, 0.4) is 0 Å². The summed E-state index contributed by atoms with van der Waals surface area (Å²) in [6.45, 7) is 6.31. The number of carbonyl (C=O) groups is 1. The molecule has 0 aromatic heterocycles. The summed E-state index contributed by atoms with van der Waals surface area (Å²) >= 11 is 6.53. The number of nitrogens with one attached hydrogen (secondary N) is 1. The Balaban J connectivity index is 1.36. The Labute approximate surface area is 197 Å². The lowest BCUT2D eigenvalue weighted by molar-refractivity contribution is -0.122. The van der Waals surface area contributed by atoms with Crippen LogP contribution in [0.2, 0.25) is 5.02 Å². The number of nitrogens with zero attached hydrogens (tertiary/aromatic N) is 1. The van der Waals surface area contributed by atoms with Crippen molar-refractivity contribution >= 4 is 23.2 Å². The molecule has 0 bridgehead atoms. The van der Waals surface area contributed by atoms with Crippen LogP contribution in [0.1, 0.15) is 57.4 Å². The zero-order chi connectivity index (χ0) is 22.4. The van der Waals surface area contributed by atoms with E-state index in [9.17, 15) is 4.79 Å². The third kappa shape index (κ3) is 5.47. The van der Waals surface area contributed by atoms with Crippen LogP contribution in [0.5, 0.6) is 5.75 Å². The quantitative estimate of drug-likeness (QED) is 0.534. The van der Waals surface area contributed by atoms with E-state index in [-0.39, 0.29) is 5.91 Å². The van der Waals surface area contributed by atoms with Gasteiger partial charge in [0.15, 0.2) is 0 Å². The summed E-state index contributed by atoms with van der Waals surface area (Å²) in [6, 6.07) is 15.5. The number of ether oxygens (including phenoxy) is 1. The summed E-state index contributed by atoms with van der Waals surface area (Å²) in [4.78, 5) is 16.0. The van der Waals surface area contributed by atoms with Crippen molar-refractivity contribution in [1.29, 1.82) is 0 Å². The number of rotatable bonds is 7. The predicted molar refractivity (Wildman–Crippen MR) is 132 cm³/mol. The summed E-state index contributed by atoms with van der Waals surface area (Å²) in [5, 5.41) is 3.83. The first-order valence-electron chi connectivity index (χ1n) is 12.1. The van der Waals surface area contributed by atoms with Crippen molar-refractivity contribution in [2.24, 2.45) is 5.92 Å².